The SMILES string of the molecule is CCC=CC(C)CC1CCCCCC1N. The fourth-order valence-corrected chi connectivity index (χ4v) is 2.63. The Hall–Kier alpha value is -0.300. The van der Waals surface area contributed by atoms with E-state index in [2.05, 4.69) is 26.0 Å². The number of hydrogen-bond acceptors (Lipinski definition) is 1. The maximum absolute atomic E-state index is 6.23. The van der Waals surface area contributed by atoms with Gasteiger partial charge in [0.2, 0.25) is 0 Å². The number of allylic oxidation sites excluding steroid dienone is 2. The van der Waals surface area contributed by atoms with Gasteiger partial charge in [-0.1, -0.05) is 45.3 Å². The molecule has 0 amide bonds. The number of nitrogens with two attached hydrogens (primary N) is 1. The van der Waals surface area contributed by atoms with E-state index in [0.29, 0.717) is 12.0 Å². The van der Waals surface area contributed by atoms with Crippen molar-refractivity contribution in [2.75, 3.05) is 0 Å². The third-order valence-corrected chi connectivity index (χ3v) is 3.59. The Bertz CT molecular complexity index is 186. The zero-order valence-corrected chi connectivity index (χ0v) is 10.4. The van der Waals surface area contributed by atoms with Gasteiger partial charge in [-0.2, -0.15) is 0 Å². The highest BCUT2D eigenvalue weighted by Gasteiger charge is 2.21. The largest absolute Gasteiger partial charge is 0.327 e. The molecule has 1 saturated carbocycles. The van der Waals surface area contributed by atoms with Crippen LogP contribution in [0, 0.1) is 11.8 Å². The highest BCUT2D eigenvalue weighted by atomic mass is 14.6. The first-order valence-electron chi connectivity index (χ1n) is 6.66. The molecule has 3 unspecified atom stereocenters. The van der Waals surface area contributed by atoms with Crippen LogP contribution in [0.2, 0.25) is 0 Å². The lowest BCUT2D eigenvalue weighted by Crippen LogP contribution is -2.29. The van der Waals surface area contributed by atoms with E-state index in [1.165, 1.54) is 38.5 Å². The second-order valence-electron chi connectivity index (χ2n) is 5.11. The molecule has 1 heteroatoms. The summed E-state index contributed by atoms with van der Waals surface area (Å²) in [6.45, 7) is 4.52. The van der Waals surface area contributed by atoms with Crippen molar-refractivity contribution in [1.82, 2.24) is 0 Å². The van der Waals surface area contributed by atoms with Crippen LogP contribution in [0.5, 0.6) is 0 Å². The standard InChI is InChI=1S/C14H27N/c1-3-4-8-12(2)11-13-9-6-5-7-10-14(13)15/h4,8,12-14H,3,5-7,9-11,15H2,1-2H3. The summed E-state index contributed by atoms with van der Waals surface area (Å²) in [5, 5.41) is 0. The Kier molecular flexibility index (Phi) is 6.00. The molecule has 1 fully saturated rings. The smallest absolute Gasteiger partial charge is 0.00673 e. The number of hydrogen-bond donors (Lipinski definition) is 1. The normalized spacial score (nSPS) is 30.3. The Labute approximate surface area is 95.1 Å². The molecule has 0 aromatic rings. The molecule has 0 radical (unpaired) electrons. The molecule has 1 aliphatic rings. The second-order valence-corrected chi connectivity index (χ2v) is 5.11. The molecule has 3 atom stereocenters. The van der Waals surface area contributed by atoms with Gasteiger partial charge in [0.1, 0.15) is 0 Å². The monoisotopic (exact) mass is 209 g/mol. The van der Waals surface area contributed by atoms with E-state index >= 15 is 0 Å². The second kappa shape index (κ2) is 7.05. The van der Waals surface area contributed by atoms with Crippen molar-refractivity contribution in [1.29, 1.82) is 0 Å². The van der Waals surface area contributed by atoms with Gasteiger partial charge in [-0.15, -0.1) is 0 Å². The average Bonchev–Trinajstić information content (AvgIpc) is 2.42. The van der Waals surface area contributed by atoms with E-state index in [0.717, 1.165) is 12.3 Å². The van der Waals surface area contributed by atoms with Crippen molar-refractivity contribution >= 4 is 0 Å². The quantitative estimate of drug-likeness (QED) is 0.552. The fourth-order valence-electron chi connectivity index (χ4n) is 2.63. The molecule has 0 bridgehead atoms. The van der Waals surface area contributed by atoms with Gasteiger partial charge < -0.3 is 5.73 Å². The summed E-state index contributed by atoms with van der Waals surface area (Å²) >= 11 is 0. The lowest BCUT2D eigenvalue weighted by molar-refractivity contribution is 0.342. The summed E-state index contributed by atoms with van der Waals surface area (Å²) in [5.41, 5.74) is 6.23. The van der Waals surface area contributed by atoms with Crippen molar-refractivity contribution < 1.29 is 0 Å². The Morgan fingerprint density at radius 3 is 2.73 bits per heavy atom. The van der Waals surface area contributed by atoms with Gasteiger partial charge in [0, 0.05) is 6.04 Å². The van der Waals surface area contributed by atoms with E-state index in [9.17, 15) is 0 Å². The van der Waals surface area contributed by atoms with Gasteiger partial charge in [-0.05, 0) is 37.5 Å². The van der Waals surface area contributed by atoms with Crippen molar-refractivity contribution in [3.63, 3.8) is 0 Å². The van der Waals surface area contributed by atoms with Gasteiger partial charge in [-0.3, -0.25) is 0 Å². The lowest BCUT2D eigenvalue weighted by Gasteiger charge is -2.23. The lowest BCUT2D eigenvalue weighted by atomic mass is 9.86. The fraction of sp³-hybridized carbons (Fsp3) is 0.857. The molecule has 0 saturated heterocycles. The molecule has 88 valence electrons. The zero-order chi connectivity index (χ0) is 11.1. The first kappa shape index (κ1) is 12.8. The molecule has 1 aliphatic carbocycles. The molecule has 0 aromatic carbocycles. The van der Waals surface area contributed by atoms with Crippen molar-refractivity contribution in [2.45, 2.75) is 64.8 Å². The predicted molar refractivity (Wildman–Crippen MR) is 67.8 cm³/mol. The molecule has 2 N–H and O–H groups in total. The summed E-state index contributed by atoms with van der Waals surface area (Å²) in [7, 11) is 0. The first-order chi connectivity index (χ1) is 7.24. The van der Waals surface area contributed by atoms with E-state index < -0.39 is 0 Å². The van der Waals surface area contributed by atoms with Crippen LogP contribution in [0.3, 0.4) is 0 Å². The van der Waals surface area contributed by atoms with Gasteiger partial charge in [0.15, 0.2) is 0 Å². The Morgan fingerprint density at radius 2 is 2.00 bits per heavy atom. The summed E-state index contributed by atoms with van der Waals surface area (Å²) in [5.74, 6) is 1.48. The molecule has 15 heavy (non-hydrogen) atoms. The highest BCUT2D eigenvalue weighted by molar-refractivity contribution is 4.88. The molecule has 0 spiro atoms. The predicted octanol–water partition coefficient (Wildman–Crippen LogP) is 3.89. The Balaban J connectivity index is 2.36. The summed E-state index contributed by atoms with van der Waals surface area (Å²) < 4.78 is 0. The van der Waals surface area contributed by atoms with Gasteiger partial charge in [-0.25, -0.2) is 0 Å². The minimum Gasteiger partial charge on any atom is -0.327 e. The summed E-state index contributed by atoms with van der Waals surface area (Å²) in [6.07, 6.45) is 13.8. The van der Waals surface area contributed by atoms with Crippen LogP contribution >= 0.6 is 0 Å². The summed E-state index contributed by atoms with van der Waals surface area (Å²) in [6, 6.07) is 0.463. The van der Waals surface area contributed by atoms with Crippen LogP contribution in [0.4, 0.5) is 0 Å². The summed E-state index contributed by atoms with van der Waals surface area (Å²) in [4.78, 5) is 0. The maximum Gasteiger partial charge on any atom is 0.00673 e. The minimum absolute atomic E-state index is 0.463. The average molecular weight is 209 g/mol. The topological polar surface area (TPSA) is 26.0 Å². The van der Waals surface area contributed by atoms with E-state index in [-0.39, 0.29) is 0 Å². The van der Waals surface area contributed by atoms with Gasteiger partial charge in [0.05, 0.1) is 0 Å². The third kappa shape index (κ3) is 4.83. The zero-order valence-electron chi connectivity index (χ0n) is 10.4. The Morgan fingerprint density at radius 1 is 1.27 bits per heavy atom. The molecule has 1 nitrogen and oxygen atoms in total. The van der Waals surface area contributed by atoms with Crippen LogP contribution in [0.15, 0.2) is 12.2 Å². The molecular weight excluding hydrogens is 182 g/mol. The molecule has 0 aliphatic heterocycles. The van der Waals surface area contributed by atoms with E-state index in [4.69, 9.17) is 5.73 Å². The first-order valence-corrected chi connectivity index (χ1v) is 6.66. The van der Waals surface area contributed by atoms with Crippen LogP contribution < -0.4 is 5.73 Å². The minimum atomic E-state index is 0.463. The molecular formula is C14H27N. The van der Waals surface area contributed by atoms with E-state index in [1.54, 1.807) is 0 Å². The molecule has 1 rings (SSSR count). The highest BCUT2D eigenvalue weighted by Crippen LogP contribution is 2.27. The van der Waals surface area contributed by atoms with Crippen molar-refractivity contribution in [3.8, 4) is 0 Å². The number of rotatable bonds is 4. The van der Waals surface area contributed by atoms with Gasteiger partial charge in [0.25, 0.3) is 0 Å². The molecule has 0 heterocycles. The van der Waals surface area contributed by atoms with E-state index in [1.807, 2.05) is 0 Å². The van der Waals surface area contributed by atoms with Crippen LogP contribution in [-0.4, -0.2) is 6.04 Å². The van der Waals surface area contributed by atoms with Crippen molar-refractivity contribution in [3.05, 3.63) is 12.2 Å². The van der Waals surface area contributed by atoms with Crippen LogP contribution in [0.25, 0.3) is 0 Å². The van der Waals surface area contributed by atoms with Crippen LogP contribution in [-0.2, 0) is 0 Å². The van der Waals surface area contributed by atoms with Gasteiger partial charge >= 0.3 is 0 Å². The maximum atomic E-state index is 6.23. The molecule has 0 aromatic heterocycles. The van der Waals surface area contributed by atoms with Crippen molar-refractivity contribution in [2.24, 2.45) is 17.6 Å². The van der Waals surface area contributed by atoms with Crippen LogP contribution in [0.1, 0.15) is 58.8 Å². The third-order valence-electron chi connectivity index (χ3n) is 3.59.